The molecule has 0 spiro atoms. The molecule has 1 atom stereocenters. The Morgan fingerprint density at radius 2 is 2.14 bits per heavy atom. The van der Waals surface area contributed by atoms with Gasteiger partial charge in [-0.15, -0.1) is 0 Å². The molecule has 4 heteroatoms. The summed E-state index contributed by atoms with van der Waals surface area (Å²) in [5.74, 6) is 0.170. The van der Waals surface area contributed by atoms with Crippen molar-refractivity contribution in [2.24, 2.45) is 0 Å². The van der Waals surface area contributed by atoms with E-state index in [9.17, 15) is 4.79 Å². The Morgan fingerprint density at radius 1 is 1.33 bits per heavy atom. The van der Waals surface area contributed by atoms with Crippen LogP contribution in [0.5, 0.6) is 0 Å². The lowest BCUT2D eigenvalue weighted by molar-refractivity contribution is 0.0849. The first-order valence-corrected chi connectivity index (χ1v) is 7.66. The van der Waals surface area contributed by atoms with Gasteiger partial charge in [-0.1, -0.05) is 31.5 Å². The summed E-state index contributed by atoms with van der Waals surface area (Å²) < 4.78 is 1.75. The van der Waals surface area contributed by atoms with E-state index in [0.29, 0.717) is 5.69 Å². The van der Waals surface area contributed by atoms with Gasteiger partial charge in [-0.3, -0.25) is 4.79 Å². The number of benzene rings is 1. The van der Waals surface area contributed by atoms with Crippen LogP contribution in [0.4, 0.5) is 0 Å². The molecular weight excluding hydrogens is 262 g/mol. The quantitative estimate of drug-likeness (QED) is 0.858. The highest BCUT2D eigenvalue weighted by atomic mass is 16.1. The highest BCUT2D eigenvalue weighted by Gasteiger charge is 2.41. The lowest BCUT2D eigenvalue weighted by Crippen LogP contribution is -2.48. The fraction of sp³-hybridized carbons (Fsp3) is 0.412. The van der Waals surface area contributed by atoms with E-state index in [2.05, 4.69) is 17.3 Å². The van der Waals surface area contributed by atoms with Gasteiger partial charge in [0.25, 0.3) is 0 Å². The fourth-order valence-electron chi connectivity index (χ4n) is 3.25. The van der Waals surface area contributed by atoms with E-state index in [1.165, 1.54) is 0 Å². The first-order valence-electron chi connectivity index (χ1n) is 7.66. The molecule has 21 heavy (non-hydrogen) atoms. The Kier molecular flexibility index (Phi) is 3.88. The lowest BCUT2D eigenvalue weighted by Gasteiger charge is -2.27. The van der Waals surface area contributed by atoms with Crippen molar-refractivity contribution in [2.75, 3.05) is 6.54 Å². The molecule has 2 heterocycles. The zero-order chi connectivity index (χ0) is 14.7. The van der Waals surface area contributed by atoms with Gasteiger partial charge in [-0.2, -0.15) is 5.10 Å². The molecule has 1 aromatic carbocycles. The summed E-state index contributed by atoms with van der Waals surface area (Å²) in [6.07, 6.45) is 5.56. The number of rotatable bonds is 5. The third-order valence-corrected chi connectivity index (χ3v) is 4.23. The highest BCUT2D eigenvalue weighted by Crippen LogP contribution is 2.29. The van der Waals surface area contributed by atoms with E-state index in [0.717, 1.165) is 37.9 Å². The number of nitrogens with one attached hydrogen (secondary N) is 1. The van der Waals surface area contributed by atoms with E-state index in [-0.39, 0.29) is 5.78 Å². The van der Waals surface area contributed by atoms with Crippen LogP contribution in [0, 0.1) is 0 Å². The van der Waals surface area contributed by atoms with Gasteiger partial charge < -0.3 is 5.32 Å². The van der Waals surface area contributed by atoms with Crippen molar-refractivity contribution >= 4 is 5.78 Å². The first-order chi connectivity index (χ1) is 10.3. The molecule has 0 saturated carbocycles. The molecule has 1 N–H and O–H groups in total. The minimum atomic E-state index is -0.401. The zero-order valence-electron chi connectivity index (χ0n) is 12.4. The summed E-state index contributed by atoms with van der Waals surface area (Å²) >= 11 is 0. The van der Waals surface area contributed by atoms with E-state index < -0.39 is 5.54 Å². The maximum absolute atomic E-state index is 13.1. The van der Waals surface area contributed by atoms with Gasteiger partial charge in [0.2, 0.25) is 5.78 Å². The highest BCUT2D eigenvalue weighted by molar-refractivity contribution is 6.02. The van der Waals surface area contributed by atoms with Gasteiger partial charge in [0.1, 0.15) is 5.69 Å². The molecule has 2 aromatic rings. The Bertz CT molecular complexity index is 612. The number of carbonyl (C=O) groups is 1. The van der Waals surface area contributed by atoms with Crippen molar-refractivity contribution in [3.05, 3.63) is 48.3 Å². The summed E-state index contributed by atoms with van der Waals surface area (Å²) in [7, 11) is 0. The monoisotopic (exact) mass is 283 g/mol. The number of hydrogen-bond donors (Lipinski definition) is 1. The van der Waals surface area contributed by atoms with Crippen LogP contribution in [0.3, 0.4) is 0 Å². The van der Waals surface area contributed by atoms with Gasteiger partial charge in [0.15, 0.2) is 0 Å². The molecule has 1 aliphatic heterocycles. The number of aromatic nitrogens is 2. The topological polar surface area (TPSA) is 46.9 Å². The van der Waals surface area contributed by atoms with Gasteiger partial charge in [0, 0.05) is 0 Å². The van der Waals surface area contributed by atoms with Crippen LogP contribution in [0.1, 0.15) is 43.1 Å². The number of nitrogens with zero attached hydrogens (tertiary/aromatic N) is 2. The van der Waals surface area contributed by atoms with Crippen LogP contribution < -0.4 is 5.32 Å². The zero-order valence-corrected chi connectivity index (χ0v) is 12.4. The second-order valence-corrected chi connectivity index (χ2v) is 5.66. The van der Waals surface area contributed by atoms with Crippen LogP contribution in [0.25, 0.3) is 5.69 Å². The number of hydrogen-bond acceptors (Lipinski definition) is 3. The number of Topliss-reactive ketones (excluding diaryl/α,β-unsaturated/α-hetero) is 1. The Balaban J connectivity index is 1.97. The second-order valence-electron chi connectivity index (χ2n) is 5.66. The molecule has 1 unspecified atom stereocenters. The summed E-state index contributed by atoms with van der Waals surface area (Å²) in [4.78, 5) is 13.1. The molecule has 1 aromatic heterocycles. The van der Waals surface area contributed by atoms with Crippen LogP contribution in [0.15, 0.2) is 42.6 Å². The predicted octanol–water partition coefficient (Wildman–Crippen LogP) is 2.98. The number of carbonyl (C=O) groups excluding carboxylic acids is 1. The molecule has 1 aliphatic rings. The Labute approximate surface area is 125 Å². The molecule has 0 radical (unpaired) electrons. The fourth-order valence-corrected chi connectivity index (χ4v) is 3.25. The smallest absolute Gasteiger partial charge is 0.201 e. The van der Waals surface area contributed by atoms with Crippen molar-refractivity contribution in [1.29, 1.82) is 0 Å². The van der Waals surface area contributed by atoms with Crippen LogP contribution in [-0.4, -0.2) is 27.6 Å². The van der Waals surface area contributed by atoms with E-state index >= 15 is 0 Å². The predicted molar refractivity (Wildman–Crippen MR) is 82.8 cm³/mol. The molecule has 110 valence electrons. The first kappa shape index (κ1) is 14.0. The van der Waals surface area contributed by atoms with Gasteiger partial charge in [0.05, 0.1) is 17.4 Å². The molecular formula is C17H21N3O. The summed E-state index contributed by atoms with van der Waals surface area (Å²) in [5, 5.41) is 7.79. The third-order valence-electron chi connectivity index (χ3n) is 4.23. The number of para-hydroxylation sites is 1. The van der Waals surface area contributed by atoms with Crippen LogP contribution >= 0.6 is 0 Å². The van der Waals surface area contributed by atoms with Crippen molar-refractivity contribution in [1.82, 2.24) is 15.1 Å². The largest absolute Gasteiger partial charge is 0.305 e. The molecule has 1 fully saturated rings. The van der Waals surface area contributed by atoms with Crippen molar-refractivity contribution in [3.63, 3.8) is 0 Å². The lowest BCUT2D eigenvalue weighted by atomic mass is 9.85. The molecule has 1 saturated heterocycles. The standard InChI is InChI=1S/C17H21N3O/c1-2-10-17(11-6-12-18-17)16(21)15-9-13-19-20(15)14-7-4-3-5-8-14/h3-5,7-9,13,18H,2,6,10-12H2,1H3. The molecule has 0 bridgehead atoms. The molecule has 0 aliphatic carbocycles. The maximum atomic E-state index is 13.1. The Hall–Kier alpha value is -1.94. The minimum Gasteiger partial charge on any atom is -0.305 e. The van der Waals surface area contributed by atoms with Gasteiger partial charge in [-0.05, 0) is 44.0 Å². The van der Waals surface area contributed by atoms with Gasteiger partial charge >= 0.3 is 0 Å². The second kappa shape index (κ2) is 5.82. The third kappa shape index (κ3) is 2.51. The normalized spacial score (nSPS) is 21.6. The van der Waals surface area contributed by atoms with Crippen molar-refractivity contribution < 1.29 is 4.79 Å². The summed E-state index contributed by atoms with van der Waals surface area (Å²) in [6, 6.07) is 11.6. The SMILES string of the molecule is CCCC1(C(=O)c2ccnn2-c2ccccc2)CCCN1. The summed E-state index contributed by atoms with van der Waals surface area (Å²) in [5.41, 5.74) is 1.20. The molecule has 3 rings (SSSR count). The van der Waals surface area contributed by atoms with Crippen molar-refractivity contribution in [3.8, 4) is 5.69 Å². The molecule has 0 amide bonds. The Morgan fingerprint density at radius 3 is 2.81 bits per heavy atom. The van der Waals surface area contributed by atoms with E-state index in [4.69, 9.17) is 0 Å². The average Bonchev–Trinajstić information content (AvgIpc) is 3.17. The summed E-state index contributed by atoms with van der Waals surface area (Å²) in [6.45, 7) is 3.05. The van der Waals surface area contributed by atoms with Gasteiger partial charge in [-0.25, -0.2) is 4.68 Å². The maximum Gasteiger partial charge on any atom is 0.201 e. The minimum absolute atomic E-state index is 0.170. The van der Waals surface area contributed by atoms with Crippen LogP contribution in [0.2, 0.25) is 0 Å². The van der Waals surface area contributed by atoms with E-state index in [1.807, 2.05) is 36.4 Å². The van der Waals surface area contributed by atoms with Crippen molar-refractivity contribution in [2.45, 2.75) is 38.1 Å². The van der Waals surface area contributed by atoms with Crippen LogP contribution in [-0.2, 0) is 0 Å². The molecule has 4 nitrogen and oxygen atoms in total. The average molecular weight is 283 g/mol. The number of ketones is 1. The van der Waals surface area contributed by atoms with E-state index in [1.54, 1.807) is 10.9 Å².